The van der Waals surface area contributed by atoms with Gasteiger partial charge in [-0.05, 0) is 44.6 Å². The maximum Gasteiger partial charge on any atom is 0.227 e. The van der Waals surface area contributed by atoms with Crippen LogP contribution in [-0.4, -0.2) is 83.8 Å². The molecule has 9 heteroatoms. The van der Waals surface area contributed by atoms with Gasteiger partial charge in [-0.1, -0.05) is 18.2 Å². The van der Waals surface area contributed by atoms with Crippen molar-refractivity contribution in [2.45, 2.75) is 38.6 Å². The molecular weight excluding hydrogens is 498 g/mol. The molecule has 0 aliphatic carbocycles. The van der Waals surface area contributed by atoms with Crippen molar-refractivity contribution >= 4 is 29.1 Å². The lowest BCUT2D eigenvalue weighted by molar-refractivity contribution is 0.0674. The Morgan fingerprint density at radius 1 is 1.21 bits per heavy atom. The summed E-state index contributed by atoms with van der Waals surface area (Å²) in [5.74, 6) is 2.42. The summed E-state index contributed by atoms with van der Waals surface area (Å²) < 4.78 is 5.57. The summed E-state index contributed by atoms with van der Waals surface area (Å²) in [7, 11) is 0. The quantitative estimate of drug-likeness (QED) is 0.320. The average Bonchev–Trinajstić information content (AvgIpc) is 3.18. The number of hydrogen-bond acceptors (Lipinski definition) is 8. The van der Waals surface area contributed by atoms with Crippen molar-refractivity contribution in [2.24, 2.45) is 9.98 Å². The molecule has 2 saturated heterocycles. The lowest BCUT2D eigenvalue weighted by Crippen LogP contribution is -2.51. The SMILES string of the molecule is C#C.C/C=C(\C=C/C(C)Cl)C1=NC(N2CCOCC2)=NC(N2CCN(c3ncccc3C#N)CC2C)=CC1. The van der Waals surface area contributed by atoms with Gasteiger partial charge < -0.3 is 19.4 Å². The highest BCUT2D eigenvalue weighted by atomic mass is 35.5. The fraction of sp³-hybridized carbons (Fsp3) is 0.448. The molecule has 4 heterocycles. The van der Waals surface area contributed by atoms with E-state index in [2.05, 4.69) is 57.7 Å². The second-order valence-corrected chi connectivity index (χ2v) is 9.78. The van der Waals surface area contributed by atoms with Crippen molar-refractivity contribution in [1.82, 2.24) is 14.8 Å². The summed E-state index contributed by atoms with van der Waals surface area (Å²) in [6.45, 7) is 11.3. The summed E-state index contributed by atoms with van der Waals surface area (Å²) >= 11 is 6.17. The number of halogens is 1. The number of nitriles is 1. The third kappa shape index (κ3) is 7.25. The standard InChI is InChI=1S/C27H34ClN7O.C2H2/c1-4-22(8-7-20(2)28)24-9-10-25(32-27(31-24)33-14-16-36-17-15-33)35-13-12-34(19-21(35)3)26-23(18-29)6-5-11-30-26;1-2/h4-8,10-11,20-21H,9,12-17,19H2,1-3H3;1-2H/b8-7-,22-4+;. The number of hydrogen-bond donors (Lipinski definition) is 0. The zero-order chi connectivity index (χ0) is 27.5. The van der Waals surface area contributed by atoms with E-state index in [1.54, 1.807) is 12.3 Å². The lowest BCUT2D eigenvalue weighted by atomic mass is 10.1. The van der Waals surface area contributed by atoms with Crippen molar-refractivity contribution in [2.75, 3.05) is 50.8 Å². The van der Waals surface area contributed by atoms with Gasteiger partial charge in [0, 0.05) is 56.8 Å². The fourth-order valence-corrected chi connectivity index (χ4v) is 4.69. The highest BCUT2D eigenvalue weighted by Crippen LogP contribution is 2.25. The topological polar surface area (TPSA) is 80.3 Å². The minimum absolute atomic E-state index is 0.0531. The molecule has 2 fully saturated rings. The molecule has 3 aliphatic heterocycles. The van der Waals surface area contributed by atoms with E-state index in [1.807, 2.05) is 32.1 Å². The number of aliphatic imine (C=N–C) groups is 2. The Morgan fingerprint density at radius 3 is 2.63 bits per heavy atom. The number of morpholine rings is 1. The first-order chi connectivity index (χ1) is 18.5. The Hall–Kier alpha value is -3.59. The molecule has 2 unspecified atom stereocenters. The molecule has 1 aromatic heterocycles. The molecule has 0 bridgehead atoms. The zero-order valence-corrected chi connectivity index (χ0v) is 23.2. The second kappa shape index (κ2) is 14.4. The minimum Gasteiger partial charge on any atom is -0.378 e. The Morgan fingerprint density at radius 2 is 1.97 bits per heavy atom. The Bertz CT molecular complexity index is 1170. The molecule has 0 amide bonds. The van der Waals surface area contributed by atoms with Gasteiger partial charge >= 0.3 is 0 Å². The van der Waals surface area contributed by atoms with E-state index >= 15 is 0 Å². The molecule has 0 spiro atoms. The van der Waals surface area contributed by atoms with Gasteiger partial charge in [0.2, 0.25) is 5.96 Å². The summed E-state index contributed by atoms with van der Waals surface area (Å²) in [5, 5.41) is 9.46. The van der Waals surface area contributed by atoms with E-state index in [-0.39, 0.29) is 11.4 Å². The van der Waals surface area contributed by atoms with Gasteiger partial charge in [0.05, 0.1) is 24.5 Å². The molecule has 0 saturated carbocycles. The summed E-state index contributed by atoms with van der Waals surface area (Å²) in [6.07, 6.45) is 18.7. The predicted octanol–water partition coefficient (Wildman–Crippen LogP) is 4.22. The van der Waals surface area contributed by atoms with Crippen LogP contribution in [0.15, 0.2) is 64.0 Å². The van der Waals surface area contributed by atoms with Gasteiger partial charge in [0.1, 0.15) is 17.7 Å². The number of ether oxygens (including phenoxy) is 1. The van der Waals surface area contributed by atoms with Gasteiger partial charge in [-0.3, -0.25) is 0 Å². The van der Waals surface area contributed by atoms with E-state index in [0.717, 1.165) is 61.6 Å². The van der Waals surface area contributed by atoms with Crippen LogP contribution in [0.2, 0.25) is 0 Å². The van der Waals surface area contributed by atoms with E-state index in [1.165, 1.54) is 0 Å². The van der Waals surface area contributed by atoms with Crippen LogP contribution < -0.4 is 4.90 Å². The van der Waals surface area contributed by atoms with Gasteiger partial charge in [-0.25, -0.2) is 9.98 Å². The number of allylic oxidation sites excluding steroid dienone is 5. The molecule has 0 aromatic carbocycles. The predicted molar refractivity (Wildman–Crippen MR) is 155 cm³/mol. The van der Waals surface area contributed by atoms with Gasteiger partial charge in [-0.15, -0.1) is 24.4 Å². The minimum atomic E-state index is -0.0531. The molecule has 4 rings (SSSR count). The Labute approximate surface area is 231 Å². The maximum absolute atomic E-state index is 9.52. The molecule has 2 atom stereocenters. The molecule has 0 N–H and O–H groups in total. The molecule has 3 aliphatic rings. The molecule has 0 radical (unpaired) electrons. The van der Waals surface area contributed by atoms with Crippen LogP contribution in [-0.2, 0) is 4.74 Å². The smallest absolute Gasteiger partial charge is 0.227 e. The number of terminal acetylenes is 1. The number of nitrogens with zero attached hydrogens (tertiary/aromatic N) is 7. The summed E-state index contributed by atoms with van der Waals surface area (Å²) in [6, 6.07) is 6.09. The number of rotatable bonds is 5. The van der Waals surface area contributed by atoms with Crippen LogP contribution in [0.5, 0.6) is 0 Å². The van der Waals surface area contributed by atoms with Crippen LogP contribution in [0.4, 0.5) is 5.82 Å². The third-order valence-corrected chi connectivity index (χ3v) is 6.68. The van der Waals surface area contributed by atoms with E-state index in [0.29, 0.717) is 25.2 Å². The van der Waals surface area contributed by atoms with Crippen molar-refractivity contribution in [3.63, 3.8) is 0 Å². The summed E-state index contributed by atoms with van der Waals surface area (Å²) in [5.41, 5.74) is 2.64. The normalized spacial score (nSPS) is 21.4. The Balaban J connectivity index is 0.00000195. The van der Waals surface area contributed by atoms with Gasteiger partial charge in [-0.2, -0.15) is 10.3 Å². The van der Waals surface area contributed by atoms with Crippen LogP contribution in [0.3, 0.4) is 0 Å². The highest BCUT2D eigenvalue weighted by molar-refractivity contribution is 6.21. The van der Waals surface area contributed by atoms with E-state index in [4.69, 9.17) is 26.3 Å². The molecule has 1 aromatic rings. The van der Waals surface area contributed by atoms with Gasteiger partial charge in [0.15, 0.2) is 0 Å². The third-order valence-electron chi connectivity index (χ3n) is 6.54. The van der Waals surface area contributed by atoms with Crippen LogP contribution in [0.1, 0.15) is 32.8 Å². The first kappa shape index (κ1) is 29.0. The van der Waals surface area contributed by atoms with Crippen molar-refractivity contribution in [3.8, 4) is 18.9 Å². The monoisotopic (exact) mass is 533 g/mol. The first-order valence-corrected chi connectivity index (χ1v) is 13.3. The maximum atomic E-state index is 9.52. The number of guanidine groups is 1. The second-order valence-electron chi connectivity index (χ2n) is 9.09. The fourth-order valence-electron chi connectivity index (χ4n) is 4.62. The number of pyridine rings is 1. The molecule has 200 valence electrons. The number of anilines is 1. The van der Waals surface area contributed by atoms with Crippen LogP contribution in [0.25, 0.3) is 0 Å². The van der Waals surface area contributed by atoms with Gasteiger partial charge in [0.25, 0.3) is 0 Å². The average molecular weight is 534 g/mol. The molecule has 8 nitrogen and oxygen atoms in total. The number of piperazine rings is 1. The molecular formula is C29H36ClN7O. The molecule has 38 heavy (non-hydrogen) atoms. The largest absolute Gasteiger partial charge is 0.378 e. The van der Waals surface area contributed by atoms with Crippen LogP contribution in [0, 0.1) is 24.2 Å². The lowest BCUT2D eigenvalue weighted by Gasteiger charge is -2.42. The van der Waals surface area contributed by atoms with Crippen molar-refractivity contribution < 1.29 is 4.74 Å². The van der Waals surface area contributed by atoms with Crippen molar-refractivity contribution in [3.05, 3.63) is 59.6 Å². The van der Waals surface area contributed by atoms with E-state index < -0.39 is 0 Å². The Kier molecular flexibility index (Phi) is 11.0. The highest BCUT2D eigenvalue weighted by Gasteiger charge is 2.29. The zero-order valence-electron chi connectivity index (χ0n) is 22.4. The van der Waals surface area contributed by atoms with Crippen LogP contribution >= 0.6 is 11.6 Å². The first-order valence-electron chi connectivity index (χ1n) is 12.9. The number of alkyl halides is 1. The van der Waals surface area contributed by atoms with E-state index in [9.17, 15) is 5.26 Å². The van der Waals surface area contributed by atoms with Crippen molar-refractivity contribution in [1.29, 1.82) is 5.26 Å². The summed E-state index contributed by atoms with van der Waals surface area (Å²) in [4.78, 5) is 21.4. The number of aromatic nitrogens is 1.